The number of hydrogen-bond donors (Lipinski definition) is 2. The third-order valence-electron chi connectivity index (χ3n) is 1.68. The molecule has 0 radical (unpaired) electrons. The van der Waals surface area contributed by atoms with E-state index >= 15 is 0 Å². The van der Waals surface area contributed by atoms with Gasteiger partial charge in [-0.15, -0.1) is 0 Å². The van der Waals surface area contributed by atoms with Crippen molar-refractivity contribution in [2.75, 3.05) is 12.8 Å². The lowest BCUT2D eigenvalue weighted by atomic mass is 10.2. The molecule has 2 N–H and O–H groups in total. The van der Waals surface area contributed by atoms with E-state index in [0.717, 1.165) is 6.26 Å². The first kappa shape index (κ1) is 9.47. The fourth-order valence-electron chi connectivity index (χ4n) is 1.08. The summed E-state index contributed by atoms with van der Waals surface area (Å²) >= 11 is 0. The molecule has 1 aliphatic heterocycles. The van der Waals surface area contributed by atoms with Gasteiger partial charge in [0.15, 0.2) is 0 Å². The van der Waals surface area contributed by atoms with Crippen LogP contribution in [0.5, 0.6) is 0 Å². The molecule has 0 bridgehead atoms. The number of nitrogens with one attached hydrogen (secondary N) is 2. The number of rotatable bonds is 3. The average molecular weight is 192 g/mol. The lowest BCUT2D eigenvalue weighted by Crippen LogP contribution is -2.37. The van der Waals surface area contributed by atoms with E-state index in [1.54, 1.807) is 0 Å². The number of sulfonamides is 1. The summed E-state index contributed by atoms with van der Waals surface area (Å²) in [4.78, 5) is 10.7. The van der Waals surface area contributed by atoms with Gasteiger partial charge in [0.25, 0.3) is 0 Å². The van der Waals surface area contributed by atoms with Gasteiger partial charge < -0.3 is 5.32 Å². The predicted molar refractivity (Wildman–Crippen MR) is 44.0 cm³/mol. The number of amides is 1. The Kier molecular flexibility index (Phi) is 2.69. The van der Waals surface area contributed by atoms with E-state index in [1.807, 2.05) is 0 Å². The molecule has 1 saturated heterocycles. The minimum atomic E-state index is -3.13. The molecule has 0 spiro atoms. The van der Waals surface area contributed by atoms with E-state index in [0.29, 0.717) is 19.4 Å². The van der Waals surface area contributed by atoms with Crippen LogP contribution in [0.4, 0.5) is 0 Å². The summed E-state index contributed by atoms with van der Waals surface area (Å²) in [6.07, 6.45) is 2.31. The fraction of sp³-hybridized carbons (Fsp3) is 0.833. The van der Waals surface area contributed by atoms with Crippen LogP contribution in [-0.4, -0.2) is 33.2 Å². The third kappa shape index (κ3) is 3.19. The van der Waals surface area contributed by atoms with Crippen molar-refractivity contribution < 1.29 is 13.2 Å². The Morgan fingerprint density at radius 1 is 1.67 bits per heavy atom. The van der Waals surface area contributed by atoms with Crippen molar-refractivity contribution in [2.24, 2.45) is 0 Å². The molecule has 1 fully saturated rings. The molecular weight excluding hydrogens is 180 g/mol. The smallest absolute Gasteiger partial charge is 0.220 e. The molecule has 5 nitrogen and oxygen atoms in total. The molecule has 6 heteroatoms. The van der Waals surface area contributed by atoms with Gasteiger partial charge in [-0.25, -0.2) is 13.1 Å². The topological polar surface area (TPSA) is 75.3 Å². The second-order valence-corrected chi connectivity index (χ2v) is 4.76. The van der Waals surface area contributed by atoms with Crippen molar-refractivity contribution in [2.45, 2.75) is 18.9 Å². The maximum atomic E-state index is 10.7. The molecule has 1 unspecified atom stereocenters. The van der Waals surface area contributed by atoms with Crippen molar-refractivity contribution in [3.8, 4) is 0 Å². The van der Waals surface area contributed by atoms with Crippen molar-refractivity contribution in [3.05, 3.63) is 0 Å². The summed E-state index contributed by atoms with van der Waals surface area (Å²) in [5.74, 6) is -0.00435. The molecule has 0 aromatic heterocycles. The zero-order chi connectivity index (χ0) is 9.19. The predicted octanol–water partition coefficient (Wildman–Crippen LogP) is -1.19. The first-order valence-electron chi connectivity index (χ1n) is 3.71. The van der Waals surface area contributed by atoms with Gasteiger partial charge in [-0.2, -0.15) is 0 Å². The molecule has 0 aromatic carbocycles. The molecule has 1 atom stereocenters. The van der Waals surface area contributed by atoms with Crippen LogP contribution in [-0.2, 0) is 14.8 Å². The van der Waals surface area contributed by atoms with Crippen LogP contribution in [0.1, 0.15) is 12.8 Å². The van der Waals surface area contributed by atoms with Crippen molar-refractivity contribution in [1.29, 1.82) is 0 Å². The summed E-state index contributed by atoms with van der Waals surface area (Å²) in [5.41, 5.74) is 0. The van der Waals surface area contributed by atoms with E-state index in [9.17, 15) is 13.2 Å². The lowest BCUT2D eigenvalue weighted by Gasteiger charge is -2.08. The SMILES string of the molecule is CS(=O)(=O)NCC1CCC(=O)N1. The highest BCUT2D eigenvalue weighted by atomic mass is 32.2. The maximum Gasteiger partial charge on any atom is 0.220 e. The number of carbonyl (C=O) groups is 1. The van der Waals surface area contributed by atoms with Gasteiger partial charge in [0.05, 0.1) is 6.26 Å². The first-order chi connectivity index (χ1) is 5.47. The fourth-order valence-corrected chi connectivity index (χ4v) is 1.59. The minimum Gasteiger partial charge on any atom is -0.352 e. The van der Waals surface area contributed by atoms with Crippen molar-refractivity contribution in [1.82, 2.24) is 10.0 Å². The van der Waals surface area contributed by atoms with Crippen LogP contribution in [0, 0.1) is 0 Å². The molecule has 12 heavy (non-hydrogen) atoms. The molecular formula is C6H12N2O3S. The van der Waals surface area contributed by atoms with Gasteiger partial charge in [0.1, 0.15) is 0 Å². The van der Waals surface area contributed by atoms with Gasteiger partial charge in [0, 0.05) is 19.0 Å². The zero-order valence-corrected chi connectivity index (χ0v) is 7.65. The van der Waals surface area contributed by atoms with Crippen molar-refractivity contribution in [3.63, 3.8) is 0 Å². The Hall–Kier alpha value is -0.620. The van der Waals surface area contributed by atoms with Gasteiger partial charge in [0.2, 0.25) is 15.9 Å². The molecule has 1 heterocycles. The Labute approximate surface area is 71.6 Å². The summed E-state index contributed by atoms with van der Waals surface area (Å²) in [7, 11) is -3.13. The molecule has 1 amide bonds. The van der Waals surface area contributed by atoms with Gasteiger partial charge >= 0.3 is 0 Å². The molecule has 1 rings (SSSR count). The summed E-state index contributed by atoms with van der Waals surface area (Å²) in [6.45, 7) is 0.296. The summed E-state index contributed by atoms with van der Waals surface area (Å²) in [5, 5.41) is 2.66. The quantitative estimate of drug-likeness (QED) is 0.590. The second-order valence-electron chi connectivity index (χ2n) is 2.92. The molecule has 0 saturated carbocycles. The molecule has 1 aliphatic rings. The van der Waals surface area contributed by atoms with Crippen LogP contribution in [0.15, 0.2) is 0 Å². The standard InChI is InChI=1S/C6H12N2O3S/c1-12(10,11)7-4-5-2-3-6(9)8-5/h5,7H,2-4H2,1H3,(H,8,9). The highest BCUT2D eigenvalue weighted by Gasteiger charge is 2.20. The lowest BCUT2D eigenvalue weighted by molar-refractivity contribution is -0.119. The number of hydrogen-bond acceptors (Lipinski definition) is 3. The highest BCUT2D eigenvalue weighted by Crippen LogP contribution is 2.04. The van der Waals surface area contributed by atoms with E-state index in [-0.39, 0.29) is 11.9 Å². The van der Waals surface area contributed by atoms with Gasteiger partial charge in [-0.3, -0.25) is 4.79 Å². The van der Waals surface area contributed by atoms with Gasteiger partial charge in [-0.1, -0.05) is 0 Å². The van der Waals surface area contributed by atoms with E-state index in [2.05, 4.69) is 10.0 Å². The Bertz CT molecular complexity index is 273. The van der Waals surface area contributed by atoms with Crippen LogP contribution in [0.2, 0.25) is 0 Å². The molecule has 0 aliphatic carbocycles. The van der Waals surface area contributed by atoms with Crippen LogP contribution >= 0.6 is 0 Å². The first-order valence-corrected chi connectivity index (χ1v) is 5.60. The average Bonchev–Trinajstić information content (AvgIpc) is 2.30. The van der Waals surface area contributed by atoms with Crippen LogP contribution < -0.4 is 10.0 Å². The van der Waals surface area contributed by atoms with E-state index in [1.165, 1.54) is 0 Å². The molecule has 0 aromatic rings. The normalized spacial score (nSPS) is 24.1. The van der Waals surface area contributed by atoms with E-state index in [4.69, 9.17) is 0 Å². The van der Waals surface area contributed by atoms with Crippen LogP contribution in [0.3, 0.4) is 0 Å². The maximum absolute atomic E-state index is 10.7. The van der Waals surface area contributed by atoms with Gasteiger partial charge in [-0.05, 0) is 6.42 Å². The monoisotopic (exact) mass is 192 g/mol. The van der Waals surface area contributed by atoms with E-state index < -0.39 is 10.0 Å². The Morgan fingerprint density at radius 3 is 2.75 bits per heavy atom. The second kappa shape index (κ2) is 3.40. The Balaban J connectivity index is 2.30. The highest BCUT2D eigenvalue weighted by molar-refractivity contribution is 7.88. The minimum absolute atomic E-state index is 0.00435. The largest absolute Gasteiger partial charge is 0.352 e. The van der Waals surface area contributed by atoms with Crippen LogP contribution in [0.25, 0.3) is 0 Å². The summed E-state index contributed by atoms with van der Waals surface area (Å²) in [6, 6.07) is -0.0350. The molecule has 70 valence electrons. The number of carbonyl (C=O) groups excluding carboxylic acids is 1. The zero-order valence-electron chi connectivity index (χ0n) is 6.83. The Morgan fingerprint density at radius 2 is 2.33 bits per heavy atom. The third-order valence-corrected chi connectivity index (χ3v) is 2.37. The summed E-state index contributed by atoms with van der Waals surface area (Å²) < 4.78 is 23.6. The van der Waals surface area contributed by atoms with Crippen molar-refractivity contribution >= 4 is 15.9 Å².